The van der Waals surface area contributed by atoms with Crippen LogP contribution in [-0.2, 0) is 0 Å². The molecule has 1 aromatic heterocycles. The van der Waals surface area contributed by atoms with Gasteiger partial charge in [0.1, 0.15) is 6.33 Å². The summed E-state index contributed by atoms with van der Waals surface area (Å²) in [6.45, 7) is 1.81. The summed E-state index contributed by atoms with van der Waals surface area (Å²) >= 11 is 12.0. The average molecular weight is 331 g/mol. The van der Waals surface area contributed by atoms with Gasteiger partial charge >= 0.3 is 0 Å². The number of benzene rings is 2. The standard InChI is InChI=1S/C17H12Cl2N2O/c1-2-15(17(22)12-8-7-11(18)9-13(12)19)21-10-20-14-5-3-4-6-16(14)21/h2-10H,1H3. The third kappa shape index (κ3) is 2.54. The summed E-state index contributed by atoms with van der Waals surface area (Å²) in [6, 6.07) is 12.5. The number of hydrogen-bond donors (Lipinski definition) is 0. The minimum atomic E-state index is -0.174. The van der Waals surface area contributed by atoms with Crippen LogP contribution >= 0.6 is 23.2 Å². The zero-order chi connectivity index (χ0) is 15.7. The first-order chi connectivity index (χ1) is 10.6. The van der Waals surface area contributed by atoms with E-state index in [1.54, 1.807) is 35.2 Å². The zero-order valence-corrected chi connectivity index (χ0v) is 13.3. The van der Waals surface area contributed by atoms with Crippen LogP contribution in [0.5, 0.6) is 0 Å². The van der Waals surface area contributed by atoms with E-state index in [1.807, 2.05) is 31.2 Å². The Labute approximate surface area is 137 Å². The summed E-state index contributed by atoms with van der Waals surface area (Å²) < 4.78 is 1.77. The molecule has 3 aromatic rings. The van der Waals surface area contributed by atoms with Gasteiger partial charge in [0, 0.05) is 10.6 Å². The van der Waals surface area contributed by atoms with E-state index in [4.69, 9.17) is 23.2 Å². The van der Waals surface area contributed by atoms with Crippen molar-refractivity contribution in [2.45, 2.75) is 6.92 Å². The van der Waals surface area contributed by atoms with E-state index in [1.165, 1.54) is 0 Å². The fourth-order valence-corrected chi connectivity index (χ4v) is 2.84. The number of carbonyl (C=O) groups excluding carboxylic acids is 1. The normalized spacial score (nSPS) is 11.9. The number of fused-ring (bicyclic) bond motifs is 1. The Morgan fingerprint density at radius 3 is 2.68 bits per heavy atom. The highest BCUT2D eigenvalue weighted by molar-refractivity contribution is 6.39. The summed E-state index contributed by atoms with van der Waals surface area (Å²) in [6.07, 6.45) is 3.39. The molecule has 1 heterocycles. The molecule has 0 fully saturated rings. The fraction of sp³-hybridized carbons (Fsp3) is 0.0588. The van der Waals surface area contributed by atoms with Gasteiger partial charge in [0.25, 0.3) is 0 Å². The van der Waals surface area contributed by atoms with E-state index in [-0.39, 0.29) is 5.78 Å². The predicted octanol–water partition coefficient (Wildman–Crippen LogP) is 5.09. The van der Waals surface area contributed by atoms with Crippen molar-refractivity contribution in [1.29, 1.82) is 0 Å². The van der Waals surface area contributed by atoms with E-state index in [0.29, 0.717) is 21.3 Å². The van der Waals surface area contributed by atoms with Crippen LogP contribution in [0.4, 0.5) is 0 Å². The van der Waals surface area contributed by atoms with E-state index in [9.17, 15) is 4.79 Å². The highest BCUT2D eigenvalue weighted by Crippen LogP contribution is 2.26. The second-order valence-electron chi connectivity index (χ2n) is 4.73. The van der Waals surface area contributed by atoms with Crippen molar-refractivity contribution in [3.63, 3.8) is 0 Å². The number of imidazole rings is 1. The summed E-state index contributed by atoms with van der Waals surface area (Å²) in [5.41, 5.74) is 2.61. The molecule has 0 saturated heterocycles. The average Bonchev–Trinajstić information content (AvgIpc) is 2.92. The molecule has 0 aliphatic carbocycles. The highest BCUT2D eigenvalue weighted by Gasteiger charge is 2.18. The lowest BCUT2D eigenvalue weighted by molar-refractivity contribution is 0.105. The Bertz CT molecular complexity index is 897. The molecular weight excluding hydrogens is 319 g/mol. The van der Waals surface area contributed by atoms with Crippen LogP contribution in [0.15, 0.2) is 54.9 Å². The summed E-state index contributed by atoms with van der Waals surface area (Å²) in [7, 11) is 0. The third-order valence-corrected chi connectivity index (χ3v) is 3.94. The molecule has 0 N–H and O–H groups in total. The van der Waals surface area contributed by atoms with Gasteiger partial charge in [0.05, 0.1) is 21.8 Å². The number of carbonyl (C=O) groups is 1. The lowest BCUT2D eigenvalue weighted by Gasteiger charge is -2.10. The van der Waals surface area contributed by atoms with Crippen LogP contribution < -0.4 is 0 Å². The van der Waals surface area contributed by atoms with Gasteiger partial charge in [-0.2, -0.15) is 0 Å². The van der Waals surface area contributed by atoms with Gasteiger partial charge in [-0.05, 0) is 37.3 Å². The van der Waals surface area contributed by atoms with Crippen molar-refractivity contribution in [1.82, 2.24) is 9.55 Å². The SMILES string of the molecule is CC=C(C(=O)c1ccc(Cl)cc1Cl)n1cnc2ccccc21. The van der Waals surface area contributed by atoms with Crippen LogP contribution in [-0.4, -0.2) is 15.3 Å². The quantitative estimate of drug-likeness (QED) is 0.495. The summed E-state index contributed by atoms with van der Waals surface area (Å²) in [4.78, 5) is 17.1. The van der Waals surface area contributed by atoms with Gasteiger partial charge in [-0.1, -0.05) is 41.4 Å². The molecule has 3 nitrogen and oxygen atoms in total. The molecular formula is C17H12Cl2N2O. The topological polar surface area (TPSA) is 34.9 Å². The van der Waals surface area contributed by atoms with Gasteiger partial charge in [-0.15, -0.1) is 0 Å². The molecule has 5 heteroatoms. The molecule has 3 rings (SSSR count). The predicted molar refractivity (Wildman–Crippen MR) is 90.5 cm³/mol. The van der Waals surface area contributed by atoms with E-state index < -0.39 is 0 Å². The van der Waals surface area contributed by atoms with Crippen molar-refractivity contribution in [2.75, 3.05) is 0 Å². The van der Waals surface area contributed by atoms with Crippen LogP contribution in [0, 0.1) is 0 Å². The van der Waals surface area contributed by atoms with Crippen molar-refractivity contribution >= 4 is 45.7 Å². The Morgan fingerprint density at radius 2 is 1.95 bits per heavy atom. The van der Waals surface area contributed by atoms with Crippen molar-refractivity contribution in [3.05, 3.63) is 70.5 Å². The Kier molecular flexibility index (Phi) is 4.01. The van der Waals surface area contributed by atoms with E-state index in [0.717, 1.165) is 11.0 Å². The number of hydrogen-bond acceptors (Lipinski definition) is 2. The number of aromatic nitrogens is 2. The monoisotopic (exact) mass is 330 g/mol. The van der Waals surface area contributed by atoms with Crippen molar-refractivity contribution in [3.8, 4) is 0 Å². The first-order valence-corrected chi connectivity index (χ1v) is 7.46. The number of halogens is 2. The number of rotatable bonds is 3. The largest absolute Gasteiger partial charge is 0.295 e. The molecule has 0 amide bonds. The lowest BCUT2D eigenvalue weighted by Crippen LogP contribution is -2.09. The number of Topliss-reactive ketones (excluding diaryl/α,β-unsaturated/α-hetero) is 1. The molecule has 0 aliphatic heterocycles. The molecule has 0 unspecified atom stereocenters. The van der Waals surface area contributed by atoms with E-state index >= 15 is 0 Å². The van der Waals surface area contributed by atoms with Crippen LogP contribution in [0.3, 0.4) is 0 Å². The van der Waals surface area contributed by atoms with Crippen LogP contribution in [0.25, 0.3) is 16.7 Å². The molecule has 110 valence electrons. The second kappa shape index (κ2) is 5.95. The molecule has 0 radical (unpaired) electrons. The minimum Gasteiger partial charge on any atom is -0.295 e. The molecule has 0 bridgehead atoms. The van der Waals surface area contributed by atoms with Crippen molar-refractivity contribution < 1.29 is 4.79 Å². The number of para-hydroxylation sites is 2. The minimum absolute atomic E-state index is 0.174. The fourth-order valence-electron chi connectivity index (χ4n) is 2.34. The lowest BCUT2D eigenvalue weighted by atomic mass is 10.1. The number of nitrogens with zero attached hydrogens (tertiary/aromatic N) is 2. The third-order valence-electron chi connectivity index (χ3n) is 3.39. The van der Waals surface area contributed by atoms with Gasteiger partial charge in [-0.25, -0.2) is 4.98 Å². The van der Waals surface area contributed by atoms with Crippen LogP contribution in [0.1, 0.15) is 17.3 Å². The van der Waals surface area contributed by atoms with Crippen LogP contribution in [0.2, 0.25) is 10.0 Å². The molecule has 0 atom stereocenters. The number of ketones is 1. The summed E-state index contributed by atoms with van der Waals surface area (Å²) in [5.74, 6) is -0.174. The summed E-state index contributed by atoms with van der Waals surface area (Å²) in [5, 5.41) is 0.831. The molecule has 2 aromatic carbocycles. The molecule has 0 spiro atoms. The van der Waals surface area contributed by atoms with Gasteiger partial charge in [0.2, 0.25) is 5.78 Å². The maximum absolute atomic E-state index is 12.8. The first kappa shape index (κ1) is 14.8. The number of allylic oxidation sites excluding steroid dienone is 2. The van der Waals surface area contributed by atoms with E-state index in [2.05, 4.69) is 4.98 Å². The Balaban J connectivity index is 2.10. The Hall–Kier alpha value is -2.10. The first-order valence-electron chi connectivity index (χ1n) is 6.70. The smallest absolute Gasteiger partial charge is 0.210 e. The van der Waals surface area contributed by atoms with Gasteiger partial charge in [0.15, 0.2) is 0 Å². The Morgan fingerprint density at radius 1 is 1.18 bits per heavy atom. The molecule has 0 saturated carbocycles. The maximum atomic E-state index is 12.8. The van der Waals surface area contributed by atoms with Crippen molar-refractivity contribution in [2.24, 2.45) is 0 Å². The zero-order valence-electron chi connectivity index (χ0n) is 11.8. The van der Waals surface area contributed by atoms with Gasteiger partial charge in [-0.3, -0.25) is 9.36 Å². The second-order valence-corrected chi connectivity index (χ2v) is 5.57. The molecule has 0 aliphatic rings. The molecule has 22 heavy (non-hydrogen) atoms. The maximum Gasteiger partial charge on any atom is 0.210 e. The van der Waals surface area contributed by atoms with Gasteiger partial charge < -0.3 is 0 Å². The highest BCUT2D eigenvalue weighted by atomic mass is 35.5.